The van der Waals surface area contributed by atoms with Crippen molar-refractivity contribution < 1.29 is 0 Å². The van der Waals surface area contributed by atoms with Crippen molar-refractivity contribution in [3.63, 3.8) is 0 Å². The van der Waals surface area contributed by atoms with Crippen LogP contribution in [0.1, 0.15) is 295 Å². The number of nitrogens with one attached hydrogen (secondary N) is 4. The summed E-state index contributed by atoms with van der Waals surface area (Å²) < 4.78 is 0. The van der Waals surface area contributed by atoms with Crippen molar-refractivity contribution in [2.75, 3.05) is 0 Å². The lowest BCUT2D eigenvalue weighted by Gasteiger charge is -2.33. The van der Waals surface area contributed by atoms with Gasteiger partial charge in [-0.1, -0.05) is 393 Å². The molecule has 4 N–H and O–H groups in total. The van der Waals surface area contributed by atoms with Crippen molar-refractivity contribution in [3.8, 4) is 78.4 Å². The number of hydrogen-bond acceptors (Lipinski definition) is 0. The van der Waals surface area contributed by atoms with Gasteiger partial charge in [-0.2, -0.15) is 0 Å². The lowest BCUT2D eigenvalue weighted by Crippen LogP contribution is -2.27. The molecule has 4 heteroatoms. The molecule has 0 saturated heterocycles. The molecule has 0 bridgehead atoms. The molecule has 0 aromatic heterocycles. The SMILES string of the molecule is CC(C)(C)c1cccc2c(C(C)(C)C3CCCC3)c3[nH]cccc-3c12.CC(C)(c1c2[nH]cccc-2c2c(-c3ccccc3)ccc(-c3ccccc3)c12)C1CCCC1.CC(C)(c1c2[nH]cccc-2c2c(-c3ccccc3)cccc12)C1CCCC1.CC(C)C.CC(C)C.CC(C)C.CC(C)C.Cc1cccc2c(C(C)(C)C3CCCC3)c3[nH]cccc-3c12. The third-order valence-electron chi connectivity index (χ3n) is 27.3. The van der Waals surface area contributed by atoms with Gasteiger partial charge in [0.1, 0.15) is 0 Å². The molecule has 12 aliphatic rings. The van der Waals surface area contributed by atoms with Crippen LogP contribution >= 0.6 is 0 Å². The van der Waals surface area contributed by atoms with Crippen molar-refractivity contribution in [2.24, 2.45) is 47.3 Å². The van der Waals surface area contributed by atoms with Crippen molar-refractivity contribution in [1.29, 1.82) is 0 Å². The largest absolute Gasteiger partial charge is 0.361 e. The fourth-order valence-electron chi connectivity index (χ4n) is 21.7. The van der Waals surface area contributed by atoms with Crippen LogP contribution in [0.4, 0.5) is 0 Å². The molecule has 0 spiro atoms. The molecule has 123 heavy (non-hydrogen) atoms. The fourth-order valence-corrected chi connectivity index (χ4v) is 21.7. The third kappa shape index (κ3) is 20.4. The second-order valence-corrected chi connectivity index (χ2v) is 42.8. The maximum absolute atomic E-state index is 3.70. The van der Waals surface area contributed by atoms with Crippen LogP contribution in [0.3, 0.4) is 0 Å². The lowest BCUT2D eigenvalue weighted by atomic mass is 9.71. The zero-order chi connectivity index (χ0) is 88.3. The number of rotatable bonds is 11. The average Bonchev–Trinajstić information content (AvgIpc) is 1.56. The Morgan fingerprint density at radius 1 is 0.236 bits per heavy atom. The third-order valence-corrected chi connectivity index (χ3v) is 27.3. The Hall–Kier alpha value is -9.38. The van der Waals surface area contributed by atoms with Gasteiger partial charge in [-0.15, -0.1) is 0 Å². The van der Waals surface area contributed by atoms with Gasteiger partial charge in [0.15, 0.2) is 0 Å². The van der Waals surface area contributed by atoms with Gasteiger partial charge in [-0.3, -0.25) is 0 Å². The zero-order valence-electron chi connectivity index (χ0n) is 80.4. The number of aryl methyl sites for hydroxylation is 1. The summed E-state index contributed by atoms with van der Waals surface area (Å²) in [5.74, 6) is 6.40. The number of aromatic nitrogens is 4. The van der Waals surface area contributed by atoms with Crippen LogP contribution in [0, 0.1) is 54.3 Å². The summed E-state index contributed by atoms with van der Waals surface area (Å²) in [7, 11) is 0. The van der Waals surface area contributed by atoms with Crippen molar-refractivity contribution in [2.45, 2.75) is 296 Å². The smallest absolute Gasteiger partial charge is 0.0504 e. The maximum Gasteiger partial charge on any atom is 0.0504 e. The second-order valence-electron chi connectivity index (χ2n) is 42.8. The molecule has 4 nitrogen and oxygen atoms in total. The molecule has 650 valence electrons. The van der Waals surface area contributed by atoms with Gasteiger partial charge in [-0.25, -0.2) is 0 Å². The van der Waals surface area contributed by atoms with Crippen molar-refractivity contribution in [3.05, 3.63) is 264 Å². The van der Waals surface area contributed by atoms with E-state index in [1.807, 2.05) is 0 Å². The number of benzene rings is 7. The first-order chi connectivity index (χ1) is 58.7. The summed E-state index contributed by atoms with van der Waals surface area (Å²) in [4.78, 5) is 14.5. The predicted molar refractivity (Wildman–Crippen MR) is 541 cm³/mol. The summed E-state index contributed by atoms with van der Waals surface area (Å²) in [6, 6.07) is 75.6. The van der Waals surface area contributed by atoms with E-state index in [2.05, 4.69) is 417 Å². The zero-order valence-corrected chi connectivity index (χ0v) is 80.4. The minimum atomic E-state index is 0.0905. The highest BCUT2D eigenvalue weighted by atomic mass is 14.7. The van der Waals surface area contributed by atoms with E-state index < -0.39 is 0 Å². The van der Waals surface area contributed by atoms with E-state index in [1.165, 1.54) is 258 Å². The Kier molecular flexibility index (Phi) is 30.4. The van der Waals surface area contributed by atoms with Crippen LogP contribution in [0.5, 0.6) is 0 Å². The van der Waals surface area contributed by atoms with Gasteiger partial charge < -0.3 is 19.9 Å². The highest BCUT2D eigenvalue weighted by Crippen LogP contribution is 2.58. The van der Waals surface area contributed by atoms with E-state index >= 15 is 0 Å². The first-order valence-electron chi connectivity index (χ1n) is 47.9. The first kappa shape index (κ1) is 92.8. The Morgan fingerprint density at radius 2 is 0.488 bits per heavy atom. The second kappa shape index (κ2) is 40.3. The molecule has 8 aliphatic carbocycles. The van der Waals surface area contributed by atoms with E-state index in [1.54, 1.807) is 0 Å². The lowest BCUT2D eigenvalue weighted by molar-refractivity contribution is 0.328. The van der Waals surface area contributed by atoms with E-state index in [0.717, 1.165) is 41.4 Å². The van der Waals surface area contributed by atoms with E-state index in [4.69, 9.17) is 0 Å². The topological polar surface area (TPSA) is 63.2 Å². The van der Waals surface area contributed by atoms with Crippen LogP contribution in [-0.4, -0.2) is 19.9 Å². The molecule has 0 radical (unpaired) electrons. The molecule has 4 fully saturated rings. The molecule has 19 rings (SSSR count). The van der Waals surface area contributed by atoms with Crippen molar-refractivity contribution in [1.82, 2.24) is 19.9 Å². The van der Waals surface area contributed by atoms with Gasteiger partial charge in [0.05, 0.1) is 22.8 Å². The summed E-state index contributed by atoms with van der Waals surface area (Å²) in [5, 5.41) is 11.4. The van der Waals surface area contributed by atoms with Crippen LogP contribution in [0.25, 0.3) is 122 Å². The van der Waals surface area contributed by atoms with Crippen LogP contribution in [0.2, 0.25) is 0 Å². The molecule has 4 saturated carbocycles. The Morgan fingerprint density at radius 3 is 0.829 bits per heavy atom. The molecule has 4 aliphatic heterocycles. The van der Waals surface area contributed by atoms with Crippen molar-refractivity contribution >= 4 is 43.1 Å². The Balaban J connectivity index is 0.000000142. The summed E-state index contributed by atoms with van der Waals surface area (Å²) >= 11 is 0. The van der Waals surface area contributed by atoms with E-state index in [-0.39, 0.29) is 27.1 Å². The summed E-state index contributed by atoms with van der Waals surface area (Å²) in [6.07, 6.45) is 30.2. The Bertz CT molecular complexity index is 5610. The molecular weight excluding hydrogens is 1490 g/mol. The van der Waals surface area contributed by atoms with Crippen LogP contribution in [-0.2, 0) is 27.1 Å². The highest BCUT2D eigenvalue weighted by Gasteiger charge is 2.44. The van der Waals surface area contributed by atoms with E-state index in [9.17, 15) is 0 Å². The average molecular weight is 1640 g/mol. The van der Waals surface area contributed by atoms with Gasteiger partial charge >= 0.3 is 0 Å². The molecule has 4 heterocycles. The number of hydrogen-bond donors (Lipinski definition) is 4. The number of H-pyrrole nitrogens is 4. The van der Waals surface area contributed by atoms with Gasteiger partial charge in [0, 0.05) is 47.0 Å². The normalized spacial score (nSPS) is 15.1. The van der Waals surface area contributed by atoms with Crippen LogP contribution in [0.15, 0.2) is 231 Å². The minimum absolute atomic E-state index is 0.0905. The summed E-state index contributed by atoms with van der Waals surface area (Å²) in [6.45, 7) is 55.0. The van der Waals surface area contributed by atoms with Gasteiger partial charge in [-0.05, 0) is 267 Å². The number of fused-ring (bicyclic) bond motifs is 12. The predicted octanol–water partition coefficient (Wildman–Crippen LogP) is 36.2. The highest BCUT2D eigenvalue weighted by molar-refractivity contribution is 6.18. The van der Waals surface area contributed by atoms with E-state index in [0.29, 0.717) is 5.92 Å². The number of aromatic amines is 4. The van der Waals surface area contributed by atoms with Crippen LogP contribution < -0.4 is 0 Å². The quantitative estimate of drug-likeness (QED) is 0.0997. The first-order valence-corrected chi connectivity index (χ1v) is 47.9. The molecule has 7 aromatic rings. The number of pyridine rings is 4. The molecule has 0 unspecified atom stereocenters. The molecule has 0 amide bonds. The van der Waals surface area contributed by atoms with Gasteiger partial charge in [0.2, 0.25) is 0 Å². The Labute approximate surface area is 744 Å². The van der Waals surface area contributed by atoms with Gasteiger partial charge in [0.25, 0.3) is 0 Å². The minimum Gasteiger partial charge on any atom is -0.361 e. The summed E-state index contributed by atoms with van der Waals surface area (Å²) in [5.41, 5.74) is 28.4. The fraction of sp³-hybridized carbons (Fsp3) is 0.445. The molecule has 0 atom stereocenters. The molecule has 7 aromatic carbocycles. The maximum atomic E-state index is 3.70. The monoisotopic (exact) mass is 1640 g/mol. The molecular formula is C119H154N4. The standard InChI is InChI=1S/C32H31N.C26H27N.C24H31N.C21H25N.4C4H10/c1-32(2,24-16-9-10-17-24)30-29-26(23-14-7-4-8-15-23)20-19-25(22-12-5-3-6-13-22)28(29)27-18-11-21-33-31(27)30;1-26(2,19-12-6-7-13-19)24-21-15-8-14-20(18-10-4-3-5-11-18)23(21)22-16-9-17-27-25(22)24;1-23(2,3)19-14-8-12-17-20(19)18-13-9-15-25-22(18)21(17)24(4,5)16-10-6-7-11-16;1-14-8-6-11-16-18(14)17-12-7-13-22-20(17)19(16)21(2,3)15-9-4-5-10-15;4*1-4(2)3/h3-8,11-15,18-21,24,33H,9-10,16-17H2,1-2H3;3-5,8-11,14-17,19,27H,6-7,12-13H2,1-2H3;8-9,12-16,25H,6-7,10-11H2,1-5H3;6-8,11-13,15,22H,4-5,9-10H2,1-3H3;4*4H,1-3H3.